The summed E-state index contributed by atoms with van der Waals surface area (Å²) in [6, 6.07) is 0. The molecule has 4 heteroatoms. The first-order valence-corrected chi connectivity index (χ1v) is 6.26. The summed E-state index contributed by atoms with van der Waals surface area (Å²) in [5, 5.41) is 0. The average Bonchev–Trinajstić information content (AvgIpc) is 2.30. The quantitative estimate of drug-likeness (QED) is 0.548. The zero-order chi connectivity index (χ0) is 12.3. The van der Waals surface area contributed by atoms with Gasteiger partial charge in [0.2, 0.25) is 0 Å². The lowest BCUT2D eigenvalue weighted by atomic mass is 9.91. The van der Waals surface area contributed by atoms with Crippen molar-refractivity contribution in [2.45, 2.75) is 50.9 Å². The van der Waals surface area contributed by atoms with E-state index in [0.717, 1.165) is 38.9 Å². The molecular formula is C13H20O4. The van der Waals surface area contributed by atoms with Gasteiger partial charge >= 0.3 is 5.97 Å². The maximum absolute atomic E-state index is 11.5. The highest BCUT2D eigenvalue weighted by Crippen LogP contribution is 2.36. The van der Waals surface area contributed by atoms with E-state index in [2.05, 4.69) is 6.58 Å². The van der Waals surface area contributed by atoms with Gasteiger partial charge < -0.3 is 14.2 Å². The molecule has 0 radical (unpaired) electrons. The second kappa shape index (κ2) is 5.19. The van der Waals surface area contributed by atoms with Gasteiger partial charge in [-0.25, -0.2) is 4.79 Å². The first-order valence-electron chi connectivity index (χ1n) is 6.26. The van der Waals surface area contributed by atoms with Gasteiger partial charge in [-0.05, 0) is 26.2 Å². The molecule has 1 atom stereocenters. The number of rotatable bonds is 2. The Hall–Kier alpha value is -0.870. The first kappa shape index (κ1) is 12.6. The summed E-state index contributed by atoms with van der Waals surface area (Å²) in [6.45, 7) is 6.72. The molecule has 1 unspecified atom stereocenters. The van der Waals surface area contributed by atoms with Crippen molar-refractivity contribution in [3.8, 4) is 0 Å². The van der Waals surface area contributed by atoms with Crippen molar-refractivity contribution < 1.29 is 19.0 Å². The Morgan fingerprint density at radius 1 is 1.35 bits per heavy atom. The predicted octanol–water partition coefficient (Wildman–Crippen LogP) is 2.18. The third-order valence-electron chi connectivity index (χ3n) is 3.26. The van der Waals surface area contributed by atoms with Crippen LogP contribution in [-0.4, -0.2) is 31.1 Å². The van der Waals surface area contributed by atoms with E-state index in [9.17, 15) is 4.79 Å². The molecule has 4 nitrogen and oxygen atoms in total. The van der Waals surface area contributed by atoms with Crippen LogP contribution in [0.25, 0.3) is 0 Å². The van der Waals surface area contributed by atoms with Crippen LogP contribution in [0.3, 0.4) is 0 Å². The minimum absolute atomic E-state index is 0.106. The fourth-order valence-corrected chi connectivity index (χ4v) is 2.38. The summed E-state index contributed by atoms with van der Waals surface area (Å²) in [6.07, 6.45) is 4.23. The number of hydrogen-bond donors (Lipinski definition) is 0. The van der Waals surface area contributed by atoms with Crippen molar-refractivity contribution in [3.05, 3.63) is 12.2 Å². The SMILES string of the molecule is C=C(C)C(=O)OC1CCCC2(C1)OCCCO2. The summed E-state index contributed by atoms with van der Waals surface area (Å²) >= 11 is 0. The maximum atomic E-state index is 11.5. The normalized spacial score (nSPS) is 27.7. The molecule has 0 N–H and O–H groups in total. The van der Waals surface area contributed by atoms with Crippen LogP contribution in [0.4, 0.5) is 0 Å². The number of carbonyl (C=O) groups excluding carboxylic acids is 1. The van der Waals surface area contributed by atoms with Crippen LogP contribution in [0, 0.1) is 0 Å². The molecule has 2 aliphatic rings. The lowest BCUT2D eigenvalue weighted by Gasteiger charge is -2.42. The Morgan fingerprint density at radius 2 is 2.06 bits per heavy atom. The van der Waals surface area contributed by atoms with Crippen LogP contribution < -0.4 is 0 Å². The van der Waals surface area contributed by atoms with Crippen LogP contribution in [-0.2, 0) is 19.0 Å². The molecule has 1 aliphatic heterocycles. The standard InChI is InChI=1S/C13H20O4/c1-10(2)12(14)17-11-5-3-6-13(9-11)15-7-4-8-16-13/h11H,1,3-9H2,2H3. The molecule has 0 aromatic rings. The molecule has 0 amide bonds. The Bertz CT molecular complexity index is 299. The summed E-state index contributed by atoms with van der Waals surface area (Å²) in [5.41, 5.74) is 0.440. The zero-order valence-corrected chi connectivity index (χ0v) is 10.4. The third-order valence-corrected chi connectivity index (χ3v) is 3.26. The van der Waals surface area contributed by atoms with Crippen molar-refractivity contribution in [2.75, 3.05) is 13.2 Å². The molecule has 0 aromatic carbocycles. The Morgan fingerprint density at radius 3 is 2.71 bits per heavy atom. The monoisotopic (exact) mass is 240 g/mol. The molecule has 1 heterocycles. The summed E-state index contributed by atoms with van der Waals surface area (Å²) < 4.78 is 16.9. The second-order valence-corrected chi connectivity index (χ2v) is 4.87. The van der Waals surface area contributed by atoms with Crippen LogP contribution >= 0.6 is 0 Å². The van der Waals surface area contributed by atoms with Gasteiger partial charge in [0, 0.05) is 18.4 Å². The van der Waals surface area contributed by atoms with E-state index >= 15 is 0 Å². The van der Waals surface area contributed by atoms with Crippen molar-refractivity contribution >= 4 is 5.97 Å². The van der Waals surface area contributed by atoms with Crippen LogP contribution in [0.15, 0.2) is 12.2 Å². The Labute approximate surface area is 102 Å². The van der Waals surface area contributed by atoms with E-state index in [1.165, 1.54) is 0 Å². The second-order valence-electron chi connectivity index (χ2n) is 4.87. The van der Waals surface area contributed by atoms with Crippen molar-refractivity contribution in [3.63, 3.8) is 0 Å². The number of ether oxygens (including phenoxy) is 3. The average molecular weight is 240 g/mol. The van der Waals surface area contributed by atoms with Gasteiger partial charge in [-0.15, -0.1) is 0 Å². The number of carbonyl (C=O) groups is 1. The zero-order valence-electron chi connectivity index (χ0n) is 10.4. The minimum atomic E-state index is -0.503. The molecule has 1 saturated heterocycles. The molecule has 0 bridgehead atoms. The molecule has 96 valence electrons. The Balaban J connectivity index is 1.92. The third kappa shape index (κ3) is 3.07. The van der Waals surface area contributed by atoms with E-state index in [-0.39, 0.29) is 12.1 Å². The van der Waals surface area contributed by atoms with Gasteiger partial charge in [-0.3, -0.25) is 0 Å². The molecule has 2 rings (SSSR count). The number of esters is 1. The van der Waals surface area contributed by atoms with E-state index in [1.807, 2.05) is 0 Å². The van der Waals surface area contributed by atoms with E-state index in [1.54, 1.807) is 6.92 Å². The molecular weight excluding hydrogens is 220 g/mol. The number of hydrogen-bond acceptors (Lipinski definition) is 4. The fourth-order valence-electron chi connectivity index (χ4n) is 2.38. The van der Waals surface area contributed by atoms with E-state index in [4.69, 9.17) is 14.2 Å². The van der Waals surface area contributed by atoms with Crippen LogP contribution in [0.5, 0.6) is 0 Å². The van der Waals surface area contributed by atoms with Crippen molar-refractivity contribution in [2.24, 2.45) is 0 Å². The summed E-state index contributed by atoms with van der Waals surface area (Å²) in [7, 11) is 0. The fraction of sp³-hybridized carbons (Fsp3) is 0.769. The van der Waals surface area contributed by atoms with Gasteiger partial charge in [0.15, 0.2) is 5.79 Å². The lowest BCUT2D eigenvalue weighted by Crippen LogP contribution is -2.46. The highest BCUT2D eigenvalue weighted by Gasteiger charge is 2.41. The molecule has 1 saturated carbocycles. The molecule has 0 aromatic heterocycles. The lowest BCUT2D eigenvalue weighted by molar-refractivity contribution is -0.290. The largest absolute Gasteiger partial charge is 0.459 e. The highest BCUT2D eigenvalue weighted by molar-refractivity contribution is 5.87. The van der Waals surface area contributed by atoms with E-state index < -0.39 is 5.79 Å². The topological polar surface area (TPSA) is 44.8 Å². The predicted molar refractivity (Wildman–Crippen MR) is 62.4 cm³/mol. The van der Waals surface area contributed by atoms with Crippen molar-refractivity contribution in [1.29, 1.82) is 0 Å². The summed E-state index contributed by atoms with van der Waals surface area (Å²) in [5.74, 6) is -0.820. The van der Waals surface area contributed by atoms with Crippen molar-refractivity contribution in [1.82, 2.24) is 0 Å². The Kier molecular flexibility index (Phi) is 3.84. The molecule has 2 fully saturated rings. The maximum Gasteiger partial charge on any atom is 0.333 e. The van der Waals surface area contributed by atoms with Gasteiger partial charge in [0.1, 0.15) is 6.10 Å². The molecule has 1 spiro atoms. The van der Waals surface area contributed by atoms with E-state index in [0.29, 0.717) is 12.0 Å². The molecule has 1 aliphatic carbocycles. The smallest absolute Gasteiger partial charge is 0.333 e. The van der Waals surface area contributed by atoms with Crippen LogP contribution in [0.1, 0.15) is 39.0 Å². The van der Waals surface area contributed by atoms with Gasteiger partial charge in [-0.1, -0.05) is 6.58 Å². The highest BCUT2D eigenvalue weighted by atomic mass is 16.7. The first-order chi connectivity index (χ1) is 8.11. The molecule has 17 heavy (non-hydrogen) atoms. The minimum Gasteiger partial charge on any atom is -0.459 e. The van der Waals surface area contributed by atoms with Gasteiger partial charge in [-0.2, -0.15) is 0 Å². The van der Waals surface area contributed by atoms with Crippen LogP contribution in [0.2, 0.25) is 0 Å². The van der Waals surface area contributed by atoms with Gasteiger partial charge in [0.05, 0.1) is 13.2 Å². The summed E-state index contributed by atoms with van der Waals surface area (Å²) in [4.78, 5) is 11.5. The van der Waals surface area contributed by atoms with Gasteiger partial charge in [0.25, 0.3) is 0 Å².